The number of rotatable bonds is 4. The molecule has 1 amide bonds. The zero-order chi connectivity index (χ0) is 20.1. The van der Waals surface area contributed by atoms with Gasteiger partial charge in [0.1, 0.15) is 5.82 Å². The highest BCUT2D eigenvalue weighted by atomic mass is 16.1. The number of amides is 1. The monoisotopic (exact) mass is 370 g/mol. The summed E-state index contributed by atoms with van der Waals surface area (Å²) in [6.45, 7) is 6.46. The molecule has 1 heterocycles. The second-order valence-electron chi connectivity index (χ2n) is 7.53. The van der Waals surface area contributed by atoms with Crippen LogP contribution in [-0.4, -0.2) is 10.9 Å². The minimum atomic E-state index is -0.200. The summed E-state index contributed by atoms with van der Waals surface area (Å²) in [4.78, 5) is 16.8. The molecule has 0 bridgehead atoms. The summed E-state index contributed by atoms with van der Waals surface area (Å²) < 4.78 is 0. The first kappa shape index (κ1) is 19.1. The number of nitrogens with one attached hydrogen (secondary N) is 2. The van der Waals surface area contributed by atoms with Gasteiger partial charge in [-0.3, -0.25) is 4.79 Å². The predicted molar refractivity (Wildman–Crippen MR) is 112 cm³/mol. The molecule has 5 heteroatoms. The Morgan fingerprint density at radius 3 is 2.21 bits per heavy atom. The number of nitriles is 1. The summed E-state index contributed by atoms with van der Waals surface area (Å²) in [7, 11) is 0. The Balaban J connectivity index is 1.70. The van der Waals surface area contributed by atoms with E-state index >= 15 is 0 Å². The van der Waals surface area contributed by atoms with Crippen LogP contribution in [0.25, 0.3) is 0 Å². The molecule has 0 aliphatic carbocycles. The quantitative estimate of drug-likeness (QED) is 0.658. The standard InChI is InChI=1S/C23H22N4O/c1-23(2,3)18-6-10-20(11-7-18)27-22(28)17-12-13-25-21(14-17)26-19-8-4-16(15-24)5-9-19/h4-14H,1-3H3,(H,25,26)(H,27,28). The minimum Gasteiger partial charge on any atom is -0.340 e. The van der Waals surface area contributed by atoms with Gasteiger partial charge in [0.25, 0.3) is 5.91 Å². The van der Waals surface area contributed by atoms with Crippen LogP contribution < -0.4 is 10.6 Å². The van der Waals surface area contributed by atoms with Crippen LogP contribution in [-0.2, 0) is 5.41 Å². The molecule has 3 aromatic rings. The summed E-state index contributed by atoms with van der Waals surface area (Å²) in [6, 6.07) is 20.4. The van der Waals surface area contributed by atoms with E-state index in [2.05, 4.69) is 42.5 Å². The highest BCUT2D eigenvalue weighted by Gasteiger charge is 2.13. The number of aromatic nitrogens is 1. The third kappa shape index (κ3) is 4.74. The number of hydrogen-bond acceptors (Lipinski definition) is 4. The van der Waals surface area contributed by atoms with E-state index in [1.165, 1.54) is 5.56 Å². The average Bonchev–Trinajstić information content (AvgIpc) is 2.68. The third-order valence-corrected chi connectivity index (χ3v) is 4.32. The lowest BCUT2D eigenvalue weighted by molar-refractivity contribution is 0.102. The number of nitrogens with zero attached hydrogens (tertiary/aromatic N) is 2. The molecule has 0 saturated heterocycles. The highest BCUT2D eigenvalue weighted by Crippen LogP contribution is 2.24. The first-order valence-corrected chi connectivity index (χ1v) is 9.00. The second kappa shape index (κ2) is 7.93. The zero-order valence-electron chi connectivity index (χ0n) is 16.2. The van der Waals surface area contributed by atoms with Gasteiger partial charge in [0.15, 0.2) is 0 Å². The molecular formula is C23H22N4O. The van der Waals surface area contributed by atoms with Gasteiger partial charge in [0.2, 0.25) is 0 Å². The van der Waals surface area contributed by atoms with Crippen LogP contribution in [0.1, 0.15) is 42.3 Å². The van der Waals surface area contributed by atoms with Gasteiger partial charge in [-0.15, -0.1) is 0 Å². The fourth-order valence-electron chi connectivity index (χ4n) is 2.67. The minimum absolute atomic E-state index is 0.0691. The molecule has 0 atom stereocenters. The summed E-state index contributed by atoms with van der Waals surface area (Å²) in [5.41, 5.74) is 3.91. The van der Waals surface area contributed by atoms with Crippen LogP contribution in [0.5, 0.6) is 0 Å². The molecular weight excluding hydrogens is 348 g/mol. The highest BCUT2D eigenvalue weighted by molar-refractivity contribution is 6.04. The number of anilines is 3. The van der Waals surface area contributed by atoms with Gasteiger partial charge in [0.05, 0.1) is 11.6 Å². The van der Waals surface area contributed by atoms with Crippen LogP contribution in [0.15, 0.2) is 66.9 Å². The molecule has 0 saturated carbocycles. The van der Waals surface area contributed by atoms with Crippen molar-refractivity contribution in [2.75, 3.05) is 10.6 Å². The Bertz CT molecular complexity index is 1010. The number of hydrogen-bond donors (Lipinski definition) is 2. The van der Waals surface area contributed by atoms with Crippen LogP contribution in [0.4, 0.5) is 17.2 Å². The van der Waals surface area contributed by atoms with Gasteiger partial charge < -0.3 is 10.6 Å². The maximum Gasteiger partial charge on any atom is 0.255 e. The molecule has 0 fully saturated rings. The van der Waals surface area contributed by atoms with E-state index in [1.54, 1.807) is 42.6 Å². The number of benzene rings is 2. The van der Waals surface area contributed by atoms with E-state index in [4.69, 9.17) is 5.26 Å². The van der Waals surface area contributed by atoms with Crippen molar-refractivity contribution in [1.29, 1.82) is 5.26 Å². The van der Waals surface area contributed by atoms with Crippen molar-refractivity contribution in [1.82, 2.24) is 4.98 Å². The average molecular weight is 370 g/mol. The van der Waals surface area contributed by atoms with E-state index < -0.39 is 0 Å². The Hall–Kier alpha value is -3.65. The van der Waals surface area contributed by atoms with E-state index in [0.29, 0.717) is 16.9 Å². The predicted octanol–water partition coefficient (Wildman–Crippen LogP) is 5.25. The molecule has 2 N–H and O–H groups in total. The Kier molecular flexibility index (Phi) is 5.42. The molecule has 2 aromatic carbocycles. The van der Waals surface area contributed by atoms with Gasteiger partial charge >= 0.3 is 0 Å². The van der Waals surface area contributed by atoms with Gasteiger partial charge in [-0.1, -0.05) is 32.9 Å². The number of carbonyl (C=O) groups is 1. The fourth-order valence-corrected chi connectivity index (χ4v) is 2.67. The molecule has 0 spiro atoms. The lowest BCUT2D eigenvalue weighted by Crippen LogP contribution is -2.14. The van der Waals surface area contributed by atoms with Gasteiger partial charge in [-0.05, 0) is 59.5 Å². The molecule has 1 aromatic heterocycles. The lowest BCUT2D eigenvalue weighted by Gasteiger charge is -2.19. The Labute approximate surface area is 165 Å². The number of carbonyl (C=O) groups excluding carboxylic acids is 1. The van der Waals surface area contributed by atoms with Crippen molar-refractivity contribution >= 4 is 23.1 Å². The summed E-state index contributed by atoms with van der Waals surface area (Å²) in [5.74, 6) is 0.356. The van der Waals surface area contributed by atoms with E-state index in [-0.39, 0.29) is 11.3 Å². The molecule has 0 unspecified atom stereocenters. The fraction of sp³-hybridized carbons (Fsp3) is 0.174. The van der Waals surface area contributed by atoms with Crippen molar-refractivity contribution in [2.45, 2.75) is 26.2 Å². The van der Waals surface area contributed by atoms with E-state index in [0.717, 1.165) is 11.4 Å². The van der Waals surface area contributed by atoms with Crippen molar-refractivity contribution in [3.63, 3.8) is 0 Å². The Morgan fingerprint density at radius 2 is 1.61 bits per heavy atom. The molecule has 140 valence electrons. The topological polar surface area (TPSA) is 77.8 Å². The van der Waals surface area contributed by atoms with Crippen molar-refractivity contribution < 1.29 is 4.79 Å². The van der Waals surface area contributed by atoms with Crippen LogP contribution >= 0.6 is 0 Å². The Morgan fingerprint density at radius 1 is 0.964 bits per heavy atom. The summed E-state index contributed by atoms with van der Waals surface area (Å²) in [5, 5.41) is 14.9. The molecule has 28 heavy (non-hydrogen) atoms. The van der Waals surface area contributed by atoms with E-state index in [1.807, 2.05) is 24.3 Å². The first-order valence-electron chi connectivity index (χ1n) is 9.00. The normalized spacial score (nSPS) is 10.8. The molecule has 3 rings (SSSR count). The van der Waals surface area contributed by atoms with Crippen molar-refractivity contribution in [3.05, 3.63) is 83.6 Å². The van der Waals surface area contributed by atoms with Crippen molar-refractivity contribution in [2.24, 2.45) is 0 Å². The second-order valence-corrected chi connectivity index (χ2v) is 7.53. The van der Waals surface area contributed by atoms with Crippen molar-refractivity contribution in [3.8, 4) is 6.07 Å². The van der Waals surface area contributed by atoms with Gasteiger partial charge in [-0.2, -0.15) is 5.26 Å². The van der Waals surface area contributed by atoms with Crippen LogP contribution in [0.2, 0.25) is 0 Å². The molecule has 0 aliphatic rings. The summed E-state index contributed by atoms with van der Waals surface area (Å²) in [6.07, 6.45) is 1.59. The maximum atomic E-state index is 12.6. The molecule has 0 aliphatic heterocycles. The largest absolute Gasteiger partial charge is 0.340 e. The zero-order valence-corrected chi connectivity index (χ0v) is 16.2. The third-order valence-electron chi connectivity index (χ3n) is 4.32. The van der Waals surface area contributed by atoms with Crippen LogP contribution in [0.3, 0.4) is 0 Å². The van der Waals surface area contributed by atoms with Gasteiger partial charge in [-0.25, -0.2) is 4.98 Å². The maximum absolute atomic E-state index is 12.6. The molecule has 0 radical (unpaired) electrons. The van der Waals surface area contributed by atoms with E-state index in [9.17, 15) is 4.79 Å². The van der Waals surface area contributed by atoms with Crippen LogP contribution in [0, 0.1) is 11.3 Å². The van der Waals surface area contributed by atoms with Gasteiger partial charge in [0, 0.05) is 23.1 Å². The number of pyridine rings is 1. The SMILES string of the molecule is CC(C)(C)c1ccc(NC(=O)c2ccnc(Nc3ccc(C#N)cc3)c2)cc1. The smallest absolute Gasteiger partial charge is 0.255 e. The lowest BCUT2D eigenvalue weighted by atomic mass is 9.87. The molecule has 5 nitrogen and oxygen atoms in total. The first-order chi connectivity index (χ1) is 13.3. The summed E-state index contributed by atoms with van der Waals surface area (Å²) >= 11 is 0.